The van der Waals surface area contributed by atoms with Crippen LogP contribution >= 0.6 is 12.4 Å². The smallest absolute Gasteiger partial charge is 0.249 e. The number of aromatic amines is 1. The highest BCUT2D eigenvalue weighted by Crippen LogP contribution is 2.35. The SMILES string of the molecule is C[C@H](Cc1c[nH]c2ccc(F)cc12)CN(CC1CC1)[C@H]1COc2c(F)ccc(C(N)=O)c2C1.Cl. The number of nitrogens with two attached hydrogens (primary N) is 1. The number of halogens is 3. The molecule has 1 amide bonds. The Morgan fingerprint density at radius 1 is 1.26 bits per heavy atom. The number of carbonyl (C=O) groups excluding carboxylic acids is 1. The lowest BCUT2D eigenvalue weighted by atomic mass is 9.94. The topological polar surface area (TPSA) is 71.3 Å². The minimum absolute atomic E-state index is 0. The molecule has 1 aromatic heterocycles. The van der Waals surface area contributed by atoms with E-state index in [4.69, 9.17) is 10.5 Å². The molecule has 182 valence electrons. The first-order valence-corrected chi connectivity index (χ1v) is 11.6. The number of benzene rings is 2. The largest absolute Gasteiger partial charge is 0.489 e. The van der Waals surface area contributed by atoms with Gasteiger partial charge in [0.15, 0.2) is 11.6 Å². The van der Waals surface area contributed by atoms with Crippen LogP contribution in [-0.4, -0.2) is 41.5 Å². The molecule has 0 radical (unpaired) electrons. The maximum Gasteiger partial charge on any atom is 0.249 e. The molecule has 2 heterocycles. The molecule has 0 saturated heterocycles. The molecule has 2 aliphatic rings. The van der Waals surface area contributed by atoms with Crippen LogP contribution in [0.1, 0.15) is 41.3 Å². The molecule has 3 aromatic rings. The van der Waals surface area contributed by atoms with Gasteiger partial charge in [-0.1, -0.05) is 6.92 Å². The van der Waals surface area contributed by atoms with Crippen molar-refractivity contribution in [2.75, 3.05) is 19.7 Å². The van der Waals surface area contributed by atoms with Crippen LogP contribution in [0.3, 0.4) is 0 Å². The fourth-order valence-corrected chi connectivity index (χ4v) is 5.06. The Morgan fingerprint density at radius 2 is 2.06 bits per heavy atom. The van der Waals surface area contributed by atoms with Crippen molar-refractivity contribution in [3.05, 3.63) is 64.9 Å². The van der Waals surface area contributed by atoms with E-state index in [9.17, 15) is 13.6 Å². The molecule has 0 bridgehead atoms. The van der Waals surface area contributed by atoms with Crippen LogP contribution < -0.4 is 10.5 Å². The third-order valence-electron chi connectivity index (χ3n) is 6.89. The fourth-order valence-electron chi connectivity index (χ4n) is 5.06. The standard InChI is InChI=1S/C26H29F2N3O2.ClH/c1-15(8-17-11-30-24-7-4-18(27)9-21(17)24)12-31(13-16-2-3-16)19-10-22-20(26(29)32)5-6-23(28)25(22)33-14-19;/h4-7,9,11,15-16,19,30H,2-3,8,10,12-14H2,1H3,(H2,29,32);1H/t15-,19-;/m1./s1. The van der Waals surface area contributed by atoms with Crippen LogP contribution in [0.15, 0.2) is 36.5 Å². The summed E-state index contributed by atoms with van der Waals surface area (Å²) in [5.74, 6) is -0.115. The van der Waals surface area contributed by atoms with E-state index in [1.165, 1.54) is 31.0 Å². The summed E-state index contributed by atoms with van der Waals surface area (Å²) < 4.78 is 33.9. The molecule has 5 nitrogen and oxygen atoms in total. The van der Waals surface area contributed by atoms with Gasteiger partial charge in [-0.25, -0.2) is 8.78 Å². The summed E-state index contributed by atoms with van der Waals surface area (Å²) in [6.45, 7) is 4.37. The highest BCUT2D eigenvalue weighted by molar-refractivity contribution is 5.95. The number of primary amides is 1. The van der Waals surface area contributed by atoms with Crippen LogP contribution in [0.5, 0.6) is 5.75 Å². The van der Waals surface area contributed by atoms with Gasteiger partial charge in [-0.3, -0.25) is 9.69 Å². The lowest BCUT2D eigenvalue weighted by Gasteiger charge is -2.37. The van der Waals surface area contributed by atoms with Crippen LogP contribution in [-0.2, 0) is 12.8 Å². The van der Waals surface area contributed by atoms with E-state index >= 15 is 0 Å². The zero-order chi connectivity index (χ0) is 23.1. The molecule has 1 aliphatic carbocycles. The zero-order valence-corrected chi connectivity index (χ0v) is 20.0. The van der Waals surface area contributed by atoms with Crippen molar-refractivity contribution >= 4 is 29.2 Å². The highest BCUT2D eigenvalue weighted by Gasteiger charge is 2.34. The number of ether oxygens (including phenoxy) is 1. The molecule has 34 heavy (non-hydrogen) atoms. The van der Waals surface area contributed by atoms with Crippen molar-refractivity contribution in [1.29, 1.82) is 0 Å². The Bertz CT molecular complexity index is 1190. The van der Waals surface area contributed by atoms with Gasteiger partial charge in [0.05, 0.1) is 0 Å². The van der Waals surface area contributed by atoms with Gasteiger partial charge in [-0.05, 0) is 73.4 Å². The fraction of sp³-hybridized carbons (Fsp3) is 0.423. The summed E-state index contributed by atoms with van der Waals surface area (Å²) in [4.78, 5) is 17.6. The Kier molecular flexibility index (Phi) is 7.14. The number of H-pyrrole nitrogens is 1. The van der Waals surface area contributed by atoms with E-state index in [1.54, 1.807) is 12.1 Å². The zero-order valence-electron chi connectivity index (χ0n) is 19.2. The van der Waals surface area contributed by atoms with Crippen molar-refractivity contribution in [3.8, 4) is 5.75 Å². The summed E-state index contributed by atoms with van der Waals surface area (Å²) in [7, 11) is 0. The quantitative estimate of drug-likeness (QED) is 0.474. The van der Waals surface area contributed by atoms with Crippen molar-refractivity contribution in [3.63, 3.8) is 0 Å². The van der Waals surface area contributed by atoms with Gasteiger partial charge in [-0.2, -0.15) is 0 Å². The summed E-state index contributed by atoms with van der Waals surface area (Å²) >= 11 is 0. The van der Waals surface area contributed by atoms with Crippen molar-refractivity contribution in [2.45, 2.75) is 38.6 Å². The molecule has 0 unspecified atom stereocenters. The Balaban J connectivity index is 0.00000274. The number of amides is 1. The van der Waals surface area contributed by atoms with Gasteiger partial charge < -0.3 is 15.5 Å². The summed E-state index contributed by atoms with van der Waals surface area (Å²) in [5.41, 5.74) is 8.49. The molecule has 8 heteroatoms. The molecule has 0 spiro atoms. The molecule has 1 fully saturated rings. The lowest BCUT2D eigenvalue weighted by Crippen LogP contribution is -2.46. The summed E-state index contributed by atoms with van der Waals surface area (Å²) in [6, 6.07) is 7.56. The highest BCUT2D eigenvalue weighted by atomic mass is 35.5. The predicted molar refractivity (Wildman–Crippen MR) is 131 cm³/mol. The number of hydrogen-bond donors (Lipinski definition) is 2. The molecule has 2 atom stereocenters. The van der Waals surface area contributed by atoms with Gasteiger partial charge in [0.2, 0.25) is 5.91 Å². The van der Waals surface area contributed by atoms with E-state index in [0.29, 0.717) is 36.0 Å². The van der Waals surface area contributed by atoms with Gasteiger partial charge in [-0.15, -0.1) is 12.4 Å². The first-order valence-electron chi connectivity index (χ1n) is 11.6. The second-order valence-corrected chi connectivity index (χ2v) is 9.65. The number of carbonyl (C=O) groups is 1. The van der Waals surface area contributed by atoms with Crippen LogP contribution in [0, 0.1) is 23.5 Å². The van der Waals surface area contributed by atoms with Gasteiger partial charge in [0.1, 0.15) is 12.4 Å². The minimum atomic E-state index is -0.566. The number of nitrogens with zero attached hydrogens (tertiary/aromatic N) is 1. The molecule has 2 aromatic carbocycles. The van der Waals surface area contributed by atoms with Crippen molar-refractivity contribution < 1.29 is 18.3 Å². The maximum atomic E-state index is 14.3. The molecular formula is C26H30ClF2N3O2. The molecule has 3 N–H and O–H groups in total. The van der Waals surface area contributed by atoms with E-state index in [1.807, 2.05) is 6.20 Å². The van der Waals surface area contributed by atoms with Crippen LogP contribution in [0.4, 0.5) is 8.78 Å². The first kappa shape index (κ1) is 24.5. The number of rotatable bonds is 8. The molecular weight excluding hydrogens is 460 g/mol. The van der Waals surface area contributed by atoms with E-state index in [2.05, 4.69) is 16.8 Å². The Hall–Kier alpha value is -2.64. The van der Waals surface area contributed by atoms with Crippen LogP contribution in [0.25, 0.3) is 10.9 Å². The van der Waals surface area contributed by atoms with Gasteiger partial charge in [0.25, 0.3) is 0 Å². The maximum absolute atomic E-state index is 14.3. The van der Waals surface area contributed by atoms with E-state index < -0.39 is 11.7 Å². The van der Waals surface area contributed by atoms with Crippen molar-refractivity contribution in [1.82, 2.24) is 9.88 Å². The van der Waals surface area contributed by atoms with Gasteiger partial charge in [0, 0.05) is 47.4 Å². The van der Waals surface area contributed by atoms with E-state index in [0.717, 1.165) is 36.0 Å². The molecule has 5 rings (SSSR count). The molecule has 1 aliphatic heterocycles. The third-order valence-corrected chi connectivity index (χ3v) is 6.89. The van der Waals surface area contributed by atoms with Crippen molar-refractivity contribution in [2.24, 2.45) is 17.6 Å². The number of nitrogens with one attached hydrogen (secondary N) is 1. The summed E-state index contributed by atoms with van der Waals surface area (Å²) in [5, 5.41) is 0.923. The average Bonchev–Trinajstić information content (AvgIpc) is 3.53. The normalized spacial score (nSPS) is 18.3. The number of fused-ring (bicyclic) bond motifs is 2. The monoisotopic (exact) mass is 489 g/mol. The van der Waals surface area contributed by atoms with E-state index in [-0.39, 0.29) is 30.0 Å². The average molecular weight is 490 g/mol. The third kappa shape index (κ3) is 5.05. The summed E-state index contributed by atoms with van der Waals surface area (Å²) in [6.07, 6.45) is 5.75. The van der Waals surface area contributed by atoms with Gasteiger partial charge >= 0.3 is 0 Å². The molecule has 1 saturated carbocycles. The second-order valence-electron chi connectivity index (χ2n) is 9.65. The van der Waals surface area contributed by atoms with Crippen LogP contribution in [0.2, 0.25) is 0 Å². The first-order chi connectivity index (χ1) is 15.9. The second kappa shape index (κ2) is 9.92. The number of aromatic nitrogens is 1. The minimum Gasteiger partial charge on any atom is -0.489 e. The lowest BCUT2D eigenvalue weighted by molar-refractivity contribution is 0.0944. The Labute approximate surface area is 204 Å². The number of hydrogen-bond acceptors (Lipinski definition) is 3. The Morgan fingerprint density at radius 3 is 2.79 bits per heavy atom. The predicted octanol–water partition coefficient (Wildman–Crippen LogP) is 4.86.